The van der Waals surface area contributed by atoms with Gasteiger partial charge in [-0.05, 0) is 68.2 Å². The van der Waals surface area contributed by atoms with Gasteiger partial charge in [0.25, 0.3) is 0 Å². The molecule has 0 radical (unpaired) electrons. The fraction of sp³-hybridized carbons (Fsp3) is 0.421. The predicted octanol–water partition coefficient (Wildman–Crippen LogP) is 3.17. The van der Waals surface area contributed by atoms with Gasteiger partial charge in [-0.3, -0.25) is 4.98 Å². The molecule has 0 spiro atoms. The van der Waals surface area contributed by atoms with Crippen LogP contribution >= 0.6 is 15.9 Å². The molecule has 2 aromatic rings. The molecule has 0 unspecified atom stereocenters. The monoisotopic (exact) mass is 437 g/mol. The van der Waals surface area contributed by atoms with Gasteiger partial charge in [-0.25, -0.2) is 8.42 Å². The van der Waals surface area contributed by atoms with Gasteiger partial charge in [-0.2, -0.15) is 4.31 Å². The lowest BCUT2D eigenvalue weighted by Gasteiger charge is -2.36. The summed E-state index contributed by atoms with van der Waals surface area (Å²) in [6, 6.07) is 11.1. The number of halogens is 1. The summed E-state index contributed by atoms with van der Waals surface area (Å²) in [5.74, 6) is 0. The highest BCUT2D eigenvalue weighted by Crippen LogP contribution is 2.24. The van der Waals surface area contributed by atoms with Crippen molar-refractivity contribution >= 4 is 26.0 Å². The lowest BCUT2D eigenvalue weighted by atomic mass is 10.0. The number of hydrogen-bond donors (Lipinski definition) is 0. The molecule has 1 fully saturated rings. The third-order valence-corrected chi connectivity index (χ3v) is 7.41. The molecule has 1 aromatic carbocycles. The maximum absolute atomic E-state index is 12.9. The summed E-state index contributed by atoms with van der Waals surface area (Å²) in [4.78, 5) is 6.80. The summed E-state index contributed by atoms with van der Waals surface area (Å²) in [5.41, 5.74) is 1.29. The van der Waals surface area contributed by atoms with Gasteiger partial charge in [-0.15, -0.1) is 0 Å². The van der Waals surface area contributed by atoms with Gasteiger partial charge in [0, 0.05) is 36.5 Å². The lowest BCUT2D eigenvalue weighted by molar-refractivity contribution is 0.171. The summed E-state index contributed by atoms with van der Waals surface area (Å²) in [6.45, 7) is 2.85. The SMILES string of the molecule is CN(C1CCN(CCc2ccncc2)CC1)S(=O)(=O)c1cccc(Br)c1. The molecule has 140 valence electrons. The molecule has 3 rings (SSSR count). The summed E-state index contributed by atoms with van der Waals surface area (Å²) < 4.78 is 28.0. The van der Waals surface area contributed by atoms with Crippen molar-refractivity contribution in [2.75, 3.05) is 26.7 Å². The zero-order valence-electron chi connectivity index (χ0n) is 14.9. The number of aromatic nitrogens is 1. The number of benzene rings is 1. The van der Waals surface area contributed by atoms with Crippen LogP contribution in [0, 0.1) is 0 Å². The van der Waals surface area contributed by atoms with Crippen LogP contribution in [0.2, 0.25) is 0 Å². The Morgan fingerprint density at radius 2 is 1.88 bits per heavy atom. The third-order valence-electron chi connectivity index (χ3n) is 5.01. The highest BCUT2D eigenvalue weighted by molar-refractivity contribution is 9.10. The molecule has 0 saturated carbocycles. The largest absolute Gasteiger partial charge is 0.303 e. The van der Waals surface area contributed by atoms with Crippen molar-refractivity contribution < 1.29 is 8.42 Å². The van der Waals surface area contributed by atoms with E-state index in [1.807, 2.05) is 30.6 Å². The van der Waals surface area contributed by atoms with Crippen LogP contribution in [-0.4, -0.2) is 55.3 Å². The normalized spacial score (nSPS) is 16.9. The molecular weight excluding hydrogens is 414 g/mol. The van der Waals surface area contributed by atoms with Gasteiger partial charge in [0.2, 0.25) is 10.0 Å². The highest BCUT2D eigenvalue weighted by atomic mass is 79.9. The molecule has 26 heavy (non-hydrogen) atoms. The van der Waals surface area contributed by atoms with Crippen LogP contribution in [0.1, 0.15) is 18.4 Å². The first-order valence-corrected chi connectivity index (χ1v) is 11.0. The summed E-state index contributed by atoms with van der Waals surface area (Å²) in [5, 5.41) is 0. The van der Waals surface area contributed by atoms with E-state index in [4.69, 9.17) is 0 Å². The maximum Gasteiger partial charge on any atom is 0.243 e. The third kappa shape index (κ3) is 4.71. The van der Waals surface area contributed by atoms with E-state index in [0.29, 0.717) is 4.90 Å². The predicted molar refractivity (Wildman–Crippen MR) is 106 cm³/mol. The number of nitrogens with zero attached hydrogens (tertiary/aromatic N) is 3. The molecule has 0 aliphatic carbocycles. The highest BCUT2D eigenvalue weighted by Gasteiger charge is 2.30. The van der Waals surface area contributed by atoms with Crippen molar-refractivity contribution in [2.45, 2.75) is 30.2 Å². The van der Waals surface area contributed by atoms with Crippen LogP contribution < -0.4 is 0 Å². The molecular formula is C19H24BrN3O2S. The summed E-state index contributed by atoms with van der Waals surface area (Å²) in [6.07, 6.45) is 6.37. The van der Waals surface area contributed by atoms with E-state index in [-0.39, 0.29) is 6.04 Å². The molecule has 7 heteroatoms. The Bertz CT molecular complexity index is 822. The second kappa shape index (κ2) is 8.61. The number of likely N-dealkylation sites (tertiary alicyclic amines) is 1. The van der Waals surface area contributed by atoms with E-state index in [0.717, 1.165) is 43.4 Å². The van der Waals surface area contributed by atoms with E-state index >= 15 is 0 Å². The zero-order valence-corrected chi connectivity index (χ0v) is 17.3. The first kappa shape index (κ1) is 19.5. The fourth-order valence-corrected chi connectivity index (χ4v) is 5.35. The lowest BCUT2D eigenvalue weighted by Crippen LogP contribution is -2.45. The van der Waals surface area contributed by atoms with Crippen molar-refractivity contribution in [2.24, 2.45) is 0 Å². The number of piperidine rings is 1. The van der Waals surface area contributed by atoms with Crippen molar-refractivity contribution in [1.29, 1.82) is 0 Å². The van der Waals surface area contributed by atoms with Gasteiger partial charge in [0.05, 0.1) is 4.90 Å². The second-order valence-corrected chi connectivity index (χ2v) is 9.57. The number of pyridine rings is 1. The molecule has 5 nitrogen and oxygen atoms in total. The average Bonchev–Trinajstić information content (AvgIpc) is 2.67. The minimum atomic E-state index is -3.46. The zero-order chi connectivity index (χ0) is 18.6. The van der Waals surface area contributed by atoms with Gasteiger partial charge < -0.3 is 4.90 Å². The van der Waals surface area contributed by atoms with Crippen LogP contribution in [0.15, 0.2) is 58.2 Å². The number of sulfonamides is 1. The number of rotatable bonds is 6. The van der Waals surface area contributed by atoms with E-state index < -0.39 is 10.0 Å². The standard InChI is InChI=1S/C19H24BrN3O2S/c1-22(26(24,25)19-4-2-3-17(20)15-19)18-8-13-23(14-9-18)12-7-16-5-10-21-11-6-16/h2-6,10-11,15,18H,7-9,12-14H2,1H3. The van der Waals surface area contributed by atoms with E-state index in [1.165, 1.54) is 5.56 Å². The molecule has 1 saturated heterocycles. The molecule has 1 aliphatic rings. The molecule has 2 heterocycles. The van der Waals surface area contributed by atoms with Crippen LogP contribution in [0.4, 0.5) is 0 Å². The fourth-order valence-electron chi connectivity index (χ4n) is 3.33. The Hall–Kier alpha value is -1.28. The Morgan fingerprint density at radius 1 is 1.19 bits per heavy atom. The maximum atomic E-state index is 12.9. The van der Waals surface area contributed by atoms with Crippen molar-refractivity contribution in [1.82, 2.24) is 14.2 Å². The van der Waals surface area contributed by atoms with Gasteiger partial charge in [-0.1, -0.05) is 22.0 Å². The first-order chi connectivity index (χ1) is 12.5. The van der Waals surface area contributed by atoms with Crippen molar-refractivity contribution in [3.63, 3.8) is 0 Å². The van der Waals surface area contributed by atoms with Gasteiger partial charge >= 0.3 is 0 Å². The van der Waals surface area contributed by atoms with Crippen molar-refractivity contribution in [3.05, 3.63) is 58.8 Å². The number of hydrogen-bond acceptors (Lipinski definition) is 4. The molecule has 0 amide bonds. The molecule has 1 aromatic heterocycles. The average molecular weight is 438 g/mol. The first-order valence-electron chi connectivity index (χ1n) is 8.81. The molecule has 0 atom stereocenters. The minimum Gasteiger partial charge on any atom is -0.303 e. The minimum absolute atomic E-state index is 0.0520. The Labute approximate surface area is 164 Å². The Balaban J connectivity index is 1.55. The second-order valence-electron chi connectivity index (χ2n) is 6.66. The van der Waals surface area contributed by atoms with Crippen molar-refractivity contribution in [3.8, 4) is 0 Å². The van der Waals surface area contributed by atoms with Crippen LogP contribution in [0.3, 0.4) is 0 Å². The van der Waals surface area contributed by atoms with Gasteiger partial charge in [0.1, 0.15) is 0 Å². The van der Waals surface area contributed by atoms with E-state index in [1.54, 1.807) is 29.6 Å². The Kier molecular flexibility index (Phi) is 6.45. The van der Waals surface area contributed by atoms with Crippen LogP contribution in [0.25, 0.3) is 0 Å². The van der Waals surface area contributed by atoms with Crippen LogP contribution in [0.5, 0.6) is 0 Å². The molecule has 0 bridgehead atoms. The Morgan fingerprint density at radius 3 is 2.54 bits per heavy atom. The quantitative estimate of drug-likeness (QED) is 0.696. The summed E-state index contributed by atoms with van der Waals surface area (Å²) in [7, 11) is -1.75. The topological polar surface area (TPSA) is 53.5 Å². The molecule has 0 N–H and O–H groups in total. The van der Waals surface area contributed by atoms with E-state index in [9.17, 15) is 8.42 Å². The summed E-state index contributed by atoms with van der Waals surface area (Å²) >= 11 is 3.35. The molecule has 1 aliphatic heterocycles. The van der Waals surface area contributed by atoms with E-state index in [2.05, 4.69) is 25.8 Å². The van der Waals surface area contributed by atoms with Gasteiger partial charge in [0.15, 0.2) is 0 Å². The smallest absolute Gasteiger partial charge is 0.243 e. The van der Waals surface area contributed by atoms with Crippen LogP contribution in [-0.2, 0) is 16.4 Å².